The predicted octanol–water partition coefficient (Wildman–Crippen LogP) is 3.63. The molecule has 0 unspecified atom stereocenters. The van der Waals surface area contributed by atoms with Crippen molar-refractivity contribution in [3.8, 4) is 0 Å². The van der Waals surface area contributed by atoms with Crippen LogP contribution in [0.3, 0.4) is 0 Å². The zero-order chi connectivity index (χ0) is 11.5. The number of carbonyl (C=O) groups excluding carboxylic acids is 1. The molecule has 0 saturated heterocycles. The van der Waals surface area contributed by atoms with Gasteiger partial charge in [0, 0.05) is 5.57 Å². The summed E-state index contributed by atoms with van der Waals surface area (Å²) in [6.07, 6.45) is 8.54. The molecule has 15 heavy (non-hydrogen) atoms. The molecule has 2 nitrogen and oxygen atoms in total. The molecule has 0 aromatic carbocycles. The number of ether oxygens (including phenoxy) is 1. The molecule has 0 rings (SSSR count). The van der Waals surface area contributed by atoms with Crippen LogP contribution < -0.4 is 0 Å². The number of unbranched alkanes of at least 4 members (excludes halogenated alkanes) is 3. The molecule has 0 spiro atoms. The molecule has 0 aliphatic carbocycles. The summed E-state index contributed by atoms with van der Waals surface area (Å²) in [5.74, 6) is -0.200. The van der Waals surface area contributed by atoms with Gasteiger partial charge < -0.3 is 4.74 Å². The van der Waals surface area contributed by atoms with Gasteiger partial charge in [-0.15, -0.1) is 0 Å². The van der Waals surface area contributed by atoms with Gasteiger partial charge in [-0.2, -0.15) is 0 Å². The lowest BCUT2D eigenvalue weighted by molar-refractivity contribution is -0.139. The van der Waals surface area contributed by atoms with E-state index in [0.717, 1.165) is 12.8 Å². The van der Waals surface area contributed by atoms with Gasteiger partial charge in [0.15, 0.2) is 0 Å². The Hall–Kier alpha value is -1.05. The molecular formula is C13H22O2. The van der Waals surface area contributed by atoms with E-state index < -0.39 is 0 Å². The first kappa shape index (κ1) is 13.9. The molecule has 0 saturated carbocycles. The molecule has 0 aromatic heterocycles. The Kier molecular flexibility index (Phi) is 8.84. The van der Waals surface area contributed by atoms with E-state index in [-0.39, 0.29) is 5.97 Å². The van der Waals surface area contributed by atoms with E-state index in [1.165, 1.54) is 12.8 Å². The average Bonchev–Trinajstić information content (AvgIpc) is 2.25. The molecule has 0 fully saturated rings. The van der Waals surface area contributed by atoms with E-state index >= 15 is 0 Å². The van der Waals surface area contributed by atoms with Gasteiger partial charge in [-0.1, -0.05) is 51.8 Å². The molecule has 0 aliphatic rings. The van der Waals surface area contributed by atoms with Crippen LogP contribution in [0.25, 0.3) is 0 Å². The molecule has 0 atom stereocenters. The van der Waals surface area contributed by atoms with Crippen molar-refractivity contribution in [3.63, 3.8) is 0 Å². The Morgan fingerprint density at radius 2 is 2.00 bits per heavy atom. The van der Waals surface area contributed by atoms with Crippen LogP contribution in [0, 0.1) is 0 Å². The lowest BCUT2D eigenvalue weighted by atomic mass is 10.2. The third-order valence-corrected chi connectivity index (χ3v) is 2.19. The van der Waals surface area contributed by atoms with Gasteiger partial charge in [0.25, 0.3) is 0 Å². The quantitative estimate of drug-likeness (QED) is 0.265. The fourth-order valence-electron chi connectivity index (χ4n) is 1.26. The number of carbonyl (C=O) groups is 1. The Morgan fingerprint density at radius 1 is 1.27 bits per heavy atom. The maximum absolute atomic E-state index is 11.5. The zero-order valence-electron chi connectivity index (χ0n) is 9.92. The van der Waals surface area contributed by atoms with Crippen LogP contribution in [0.4, 0.5) is 0 Å². The van der Waals surface area contributed by atoms with Crippen molar-refractivity contribution in [2.75, 3.05) is 6.61 Å². The van der Waals surface area contributed by atoms with E-state index in [0.29, 0.717) is 18.6 Å². The summed E-state index contributed by atoms with van der Waals surface area (Å²) in [5.41, 5.74) is 0.695. The highest BCUT2D eigenvalue weighted by Gasteiger charge is 2.06. The van der Waals surface area contributed by atoms with E-state index in [4.69, 9.17) is 4.74 Å². The summed E-state index contributed by atoms with van der Waals surface area (Å²) in [7, 11) is 0. The number of rotatable bonds is 8. The minimum atomic E-state index is -0.200. The minimum absolute atomic E-state index is 0.200. The van der Waals surface area contributed by atoms with E-state index in [2.05, 4.69) is 13.5 Å². The maximum Gasteiger partial charge on any atom is 0.333 e. The second-order valence-corrected chi connectivity index (χ2v) is 3.48. The van der Waals surface area contributed by atoms with Crippen LogP contribution in [-0.2, 0) is 9.53 Å². The first-order chi connectivity index (χ1) is 7.26. The van der Waals surface area contributed by atoms with Gasteiger partial charge in [-0.25, -0.2) is 4.79 Å². The first-order valence-electron chi connectivity index (χ1n) is 5.74. The van der Waals surface area contributed by atoms with Crippen molar-refractivity contribution in [2.24, 2.45) is 0 Å². The predicted molar refractivity (Wildman–Crippen MR) is 63.7 cm³/mol. The highest BCUT2D eigenvalue weighted by atomic mass is 16.5. The van der Waals surface area contributed by atoms with Crippen molar-refractivity contribution in [1.29, 1.82) is 0 Å². The number of allylic oxidation sites excluding steroid dienone is 2. The van der Waals surface area contributed by atoms with E-state index in [9.17, 15) is 4.79 Å². The minimum Gasteiger partial charge on any atom is -0.462 e. The van der Waals surface area contributed by atoms with Crippen LogP contribution in [0.15, 0.2) is 24.3 Å². The van der Waals surface area contributed by atoms with Gasteiger partial charge in [-0.05, 0) is 12.8 Å². The maximum atomic E-state index is 11.5. The lowest BCUT2D eigenvalue weighted by Gasteiger charge is -2.05. The largest absolute Gasteiger partial charge is 0.462 e. The smallest absolute Gasteiger partial charge is 0.333 e. The van der Waals surface area contributed by atoms with Crippen LogP contribution in [-0.4, -0.2) is 12.6 Å². The van der Waals surface area contributed by atoms with Crippen LogP contribution in [0.2, 0.25) is 0 Å². The Labute approximate surface area is 93.0 Å². The summed E-state index contributed by atoms with van der Waals surface area (Å²) < 4.78 is 5.14. The molecule has 0 bridgehead atoms. The molecule has 0 amide bonds. The van der Waals surface area contributed by atoms with E-state index in [1.807, 2.05) is 6.92 Å². The highest BCUT2D eigenvalue weighted by Crippen LogP contribution is 2.05. The third kappa shape index (κ3) is 6.95. The summed E-state index contributed by atoms with van der Waals surface area (Å²) in [5, 5.41) is 0. The van der Waals surface area contributed by atoms with Crippen molar-refractivity contribution in [3.05, 3.63) is 24.3 Å². The summed E-state index contributed by atoms with van der Waals surface area (Å²) >= 11 is 0. The number of hydrogen-bond donors (Lipinski definition) is 0. The molecule has 0 aromatic rings. The fourth-order valence-corrected chi connectivity index (χ4v) is 1.26. The Bertz CT molecular complexity index is 217. The topological polar surface area (TPSA) is 26.3 Å². The third-order valence-electron chi connectivity index (χ3n) is 2.19. The summed E-state index contributed by atoms with van der Waals surface area (Å²) in [6, 6.07) is 0. The average molecular weight is 210 g/mol. The molecule has 0 N–H and O–H groups in total. The SMILES string of the molecule is C=C/C=C(\CC)C(=O)OCCCCCC. The molecule has 0 radical (unpaired) electrons. The molecule has 0 heterocycles. The molecule has 2 heteroatoms. The number of hydrogen-bond acceptors (Lipinski definition) is 2. The van der Waals surface area contributed by atoms with Crippen molar-refractivity contribution in [1.82, 2.24) is 0 Å². The fraction of sp³-hybridized carbons (Fsp3) is 0.615. The second kappa shape index (κ2) is 9.50. The molecular weight excluding hydrogens is 188 g/mol. The normalized spacial score (nSPS) is 11.2. The van der Waals surface area contributed by atoms with Gasteiger partial charge >= 0.3 is 5.97 Å². The second-order valence-electron chi connectivity index (χ2n) is 3.48. The van der Waals surface area contributed by atoms with Crippen molar-refractivity contribution >= 4 is 5.97 Å². The molecule has 86 valence electrons. The van der Waals surface area contributed by atoms with Crippen LogP contribution >= 0.6 is 0 Å². The Morgan fingerprint density at radius 3 is 2.53 bits per heavy atom. The van der Waals surface area contributed by atoms with Crippen LogP contribution in [0.5, 0.6) is 0 Å². The van der Waals surface area contributed by atoms with Gasteiger partial charge in [0.05, 0.1) is 6.61 Å². The van der Waals surface area contributed by atoms with Gasteiger partial charge in [-0.3, -0.25) is 0 Å². The van der Waals surface area contributed by atoms with E-state index in [1.54, 1.807) is 12.2 Å². The Balaban J connectivity index is 3.72. The van der Waals surface area contributed by atoms with Gasteiger partial charge in [0.1, 0.15) is 0 Å². The van der Waals surface area contributed by atoms with Crippen molar-refractivity contribution < 1.29 is 9.53 Å². The lowest BCUT2D eigenvalue weighted by Crippen LogP contribution is -2.08. The summed E-state index contributed by atoms with van der Waals surface area (Å²) in [6.45, 7) is 8.20. The monoisotopic (exact) mass is 210 g/mol. The zero-order valence-corrected chi connectivity index (χ0v) is 9.92. The standard InChI is InChI=1S/C13H22O2/c1-4-7-8-9-11-15-13(14)12(6-3)10-5-2/h5,10H,2,4,6-9,11H2,1,3H3/b12-10+. The highest BCUT2D eigenvalue weighted by molar-refractivity contribution is 5.88. The number of esters is 1. The van der Waals surface area contributed by atoms with Crippen LogP contribution in [0.1, 0.15) is 46.0 Å². The van der Waals surface area contributed by atoms with Gasteiger partial charge in [0.2, 0.25) is 0 Å². The first-order valence-corrected chi connectivity index (χ1v) is 5.74. The summed E-state index contributed by atoms with van der Waals surface area (Å²) in [4.78, 5) is 11.5. The van der Waals surface area contributed by atoms with Crippen molar-refractivity contribution in [2.45, 2.75) is 46.0 Å². The molecule has 0 aliphatic heterocycles.